The molecule has 3 heterocycles. The Morgan fingerprint density at radius 2 is 1.90 bits per heavy atom. The van der Waals surface area contributed by atoms with Gasteiger partial charge in [0.05, 0.1) is 12.9 Å². The molecule has 0 saturated heterocycles. The largest absolute Gasteiger partial charge is 0.466 e. The molecular weight excluding hydrogens is 396 g/mol. The maximum absolute atomic E-state index is 12.5. The maximum Gasteiger partial charge on any atom is 0.437 e. The van der Waals surface area contributed by atoms with Crippen LogP contribution in [0.1, 0.15) is 38.5 Å². The topological polar surface area (TPSA) is 136 Å². The number of nitrogens with zero attached hydrogens (tertiary/aromatic N) is 6. The fourth-order valence-corrected chi connectivity index (χ4v) is 3.16. The van der Waals surface area contributed by atoms with Gasteiger partial charge in [-0.1, -0.05) is 6.42 Å². The molecule has 0 spiro atoms. The van der Waals surface area contributed by atoms with Crippen LogP contribution >= 0.6 is 0 Å². The zero-order chi connectivity index (χ0) is 21.8. The van der Waals surface area contributed by atoms with Gasteiger partial charge in [0, 0.05) is 27.1 Å². The number of fused-ring (bicyclic) bond motifs is 1. The molecule has 0 atom stereocenters. The van der Waals surface area contributed by atoms with Crippen LogP contribution in [0.25, 0.3) is 11.2 Å². The Bertz CT molecular complexity index is 1230. The summed E-state index contributed by atoms with van der Waals surface area (Å²) in [6.07, 6.45) is 3.81. The van der Waals surface area contributed by atoms with Crippen LogP contribution in [-0.4, -0.2) is 41.0 Å². The van der Waals surface area contributed by atoms with Gasteiger partial charge in [0.25, 0.3) is 5.56 Å². The lowest BCUT2D eigenvalue weighted by atomic mass is 10.2. The van der Waals surface area contributed by atoms with Crippen molar-refractivity contribution in [3.63, 3.8) is 0 Å². The van der Waals surface area contributed by atoms with Gasteiger partial charge < -0.3 is 13.7 Å². The van der Waals surface area contributed by atoms with Crippen LogP contribution in [0.3, 0.4) is 0 Å². The average Bonchev–Trinajstić information content (AvgIpc) is 3.28. The minimum atomic E-state index is -0.597. The summed E-state index contributed by atoms with van der Waals surface area (Å²) in [5.41, 5.74) is -0.507. The number of aryl methyl sites for hydroxylation is 2. The molecule has 0 bridgehead atoms. The fourth-order valence-electron chi connectivity index (χ4n) is 3.16. The average molecular weight is 420 g/mol. The SMILES string of the molecule is CCOC(=O)CCCCCn1nc(Cn2cnc3c2c(=O)n(C)c(=O)n3C)oc1=O. The van der Waals surface area contributed by atoms with E-state index in [0.717, 1.165) is 11.0 Å². The van der Waals surface area contributed by atoms with Gasteiger partial charge >= 0.3 is 17.4 Å². The first kappa shape index (κ1) is 21.3. The Morgan fingerprint density at radius 1 is 1.13 bits per heavy atom. The molecule has 0 aliphatic rings. The third-order valence-electron chi connectivity index (χ3n) is 4.73. The molecular formula is C18H24N6O6. The quantitative estimate of drug-likeness (QED) is 0.342. The third-order valence-corrected chi connectivity index (χ3v) is 4.73. The molecule has 0 saturated carbocycles. The van der Waals surface area contributed by atoms with Gasteiger partial charge in [-0.3, -0.25) is 18.7 Å². The van der Waals surface area contributed by atoms with Gasteiger partial charge in [-0.2, -0.15) is 4.68 Å². The first-order valence-corrected chi connectivity index (χ1v) is 9.66. The van der Waals surface area contributed by atoms with E-state index in [1.807, 2.05) is 0 Å². The summed E-state index contributed by atoms with van der Waals surface area (Å²) in [5, 5.41) is 4.17. The van der Waals surface area contributed by atoms with Crippen molar-refractivity contribution in [2.75, 3.05) is 6.61 Å². The molecule has 0 unspecified atom stereocenters. The zero-order valence-electron chi connectivity index (χ0n) is 17.2. The number of ether oxygens (including phenoxy) is 1. The lowest BCUT2D eigenvalue weighted by Gasteiger charge is -2.04. The lowest BCUT2D eigenvalue weighted by Crippen LogP contribution is -2.37. The second-order valence-electron chi connectivity index (χ2n) is 6.85. The van der Waals surface area contributed by atoms with Crippen LogP contribution in [0, 0.1) is 0 Å². The summed E-state index contributed by atoms with van der Waals surface area (Å²) in [7, 11) is 2.91. The summed E-state index contributed by atoms with van der Waals surface area (Å²) < 4.78 is 15.0. The second-order valence-corrected chi connectivity index (χ2v) is 6.85. The van der Waals surface area contributed by atoms with E-state index >= 15 is 0 Å². The highest BCUT2D eigenvalue weighted by Gasteiger charge is 2.16. The lowest BCUT2D eigenvalue weighted by molar-refractivity contribution is -0.143. The second kappa shape index (κ2) is 8.93. The van der Waals surface area contributed by atoms with Crippen molar-refractivity contribution in [1.29, 1.82) is 0 Å². The van der Waals surface area contributed by atoms with E-state index in [1.165, 1.54) is 34.2 Å². The normalized spacial score (nSPS) is 11.3. The number of imidazole rings is 1. The number of esters is 1. The highest BCUT2D eigenvalue weighted by molar-refractivity contribution is 5.70. The predicted octanol–water partition coefficient (Wildman–Crippen LogP) is -0.245. The molecule has 0 aromatic carbocycles. The van der Waals surface area contributed by atoms with Crippen molar-refractivity contribution in [3.8, 4) is 0 Å². The maximum atomic E-state index is 12.5. The Morgan fingerprint density at radius 3 is 2.63 bits per heavy atom. The van der Waals surface area contributed by atoms with E-state index in [9.17, 15) is 19.2 Å². The number of carbonyl (C=O) groups excluding carboxylic acids is 1. The molecule has 3 rings (SSSR count). The molecule has 12 heteroatoms. The summed E-state index contributed by atoms with van der Waals surface area (Å²) in [6.45, 7) is 2.50. The van der Waals surface area contributed by atoms with Crippen molar-refractivity contribution in [2.45, 2.75) is 45.7 Å². The monoisotopic (exact) mass is 420 g/mol. The fraction of sp³-hybridized carbons (Fsp3) is 0.556. The van der Waals surface area contributed by atoms with E-state index in [0.29, 0.717) is 32.4 Å². The van der Waals surface area contributed by atoms with Crippen LogP contribution < -0.4 is 17.0 Å². The van der Waals surface area contributed by atoms with Crippen LogP contribution in [0.15, 0.2) is 25.1 Å². The van der Waals surface area contributed by atoms with Crippen LogP contribution in [0.5, 0.6) is 0 Å². The van der Waals surface area contributed by atoms with Gasteiger partial charge in [0.15, 0.2) is 11.2 Å². The summed E-state index contributed by atoms with van der Waals surface area (Å²) >= 11 is 0. The molecule has 0 aliphatic heterocycles. The van der Waals surface area contributed by atoms with Gasteiger partial charge in [-0.25, -0.2) is 14.6 Å². The number of hydrogen-bond acceptors (Lipinski definition) is 8. The van der Waals surface area contributed by atoms with E-state index in [4.69, 9.17) is 9.15 Å². The molecule has 0 radical (unpaired) electrons. The first-order valence-electron chi connectivity index (χ1n) is 9.66. The van der Waals surface area contributed by atoms with Gasteiger partial charge in [-0.15, -0.1) is 5.10 Å². The Kier molecular flexibility index (Phi) is 6.33. The number of aromatic nitrogens is 6. The molecule has 162 valence electrons. The minimum absolute atomic E-state index is 0.0229. The number of rotatable bonds is 9. The van der Waals surface area contributed by atoms with Crippen LogP contribution in [0.2, 0.25) is 0 Å². The Hall–Kier alpha value is -3.44. The molecule has 30 heavy (non-hydrogen) atoms. The van der Waals surface area contributed by atoms with Crippen molar-refractivity contribution in [1.82, 2.24) is 28.5 Å². The van der Waals surface area contributed by atoms with Crippen molar-refractivity contribution >= 4 is 17.1 Å². The summed E-state index contributed by atoms with van der Waals surface area (Å²) in [6, 6.07) is 0. The van der Waals surface area contributed by atoms with Crippen molar-refractivity contribution < 1.29 is 13.9 Å². The molecule has 3 aromatic rings. The van der Waals surface area contributed by atoms with E-state index in [-0.39, 0.29) is 29.6 Å². The van der Waals surface area contributed by atoms with Gasteiger partial charge in [0.1, 0.15) is 6.54 Å². The predicted molar refractivity (Wildman–Crippen MR) is 105 cm³/mol. The zero-order valence-corrected chi connectivity index (χ0v) is 17.2. The van der Waals surface area contributed by atoms with E-state index in [1.54, 1.807) is 6.92 Å². The number of unbranched alkanes of at least 4 members (excludes halogenated alkanes) is 2. The minimum Gasteiger partial charge on any atom is -0.466 e. The van der Waals surface area contributed by atoms with Crippen molar-refractivity contribution in [3.05, 3.63) is 43.6 Å². The number of carbonyl (C=O) groups is 1. The van der Waals surface area contributed by atoms with Crippen LogP contribution in [0.4, 0.5) is 0 Å². The number of hydrogen-bond donors (Lipinski definition) is 0. The standard InChI is InChI=1S/C18H24N6O6/c1-4-29-13(25)8-6-5-7-9-24-18(28)30-12(20-24)10-23-11-19-15-14(23)16(26)22(3)17(27)21(15)2/h11H,4-10H2,1-3H3. The highest BCUT2D eigenvalue weighted by Crippen LogP contribution is 2.08. The highest BCUT2D eigenvalue weighted by atomic mass is 16.5. The summed E-state index contributed by atoms with van der Waals surface area (Å²) in [4.78, 5) is 52.0. The van der Waals surface area contributed by atoms with Gasteiger partial charge in [0.2, 0.25) is 5.89 Å². The summed E-state index contributed by atoms with van der Waals surface area (Å²) in [5.74, 6) is -0.698. The third kappa shape index (κ3) is 4.26. The smallest absolute Gasteiger partial charge is 0.437 e. The molecule has 0 fully saturated rings. The Labute approximate surface area is 170 Å². The van der Waals surface area contributed by atoms with E-state index in [2.05, 4.69) is 10.1 Å². The molecule has 0 N–H and O–H groups in total. The van der Waals surface area contributed by atoms with Crippen LogP contribution in [-0.2, 0) is 36.7 Å². The van der Waals surface area contributed by atoms with E-state index < -0.39 is 17.0 Å². The van der Waals surface area contributed by atoms with Crippen molar-refractivity contribution in [2.24, 2.45) is 14.1 Å². The molecule has 0 amide bonds. The Balaban J connectivity index is 1.68. The molecule has 12 nitrogen and oxygen atoms in total. The molecule has 3 aromatic heterocycles. The van der Waals surface area contributed by atoms with Gasteiger partial charge in [-0.05, 0) is 19.8 Å². The molecule has 0 aliphatic carbocycles. The first-order chi connectivity index (χ1) is 14.3.